The van der Waals surface area contributed by atoms with Crippen LogP contribution in [0, 0.1) is 0 Å². The van der Waals surface area contributed by atoms with Crippen molar-refractivity contribution in [2.45, 2.75) is 45.2 Å². The predicted molar refractivity (Wildman–Crippen MR) is 83.3 cm³/mol. The Morgan fingerprint density at radius 1 is 1.09 bits per heavy atom. The van der Waals surface area contributed by atoms with Crippen molar-refractivity contribution >= 4 is 12.6 Å². The van der Waals surface area contributed by atoms with Crippen LogP contribution < -0.4 is 10.2 Å². The quantitative estimate of drug-likeness (QED) is 0.793. The Balaban J connectivity index is 1.66. The molecule has 5 nitrogen and oxygen atoms in total. The van der Waals surface area contributed by atoms with Gasteiger partial charge in [-0.2, -0.15) is 0 Å². The van der Waals surface area contributed by atoms with E-state index in [2.05, 4.69) is 0 Å². The fraction of sp³-hybridized carbons (Fsp3) is 0.625. The topological polar surface area (TPSA) is 46.2 Å². The maximum Gasteiger partial charge on any atom is 0.494 e. The summed E-state index contributed by atoms with van der Waals surface area (Å²) in [6, 6.07) is 7.77. The lowest BCUT2D eigenvalue weighted by Crippen LogP contribution is -2.41. The zero-order chi connectivity index (χ0) is 15.8. The van der Waals surface area contributed by atoms with Crippen molar-refractivity contribution in [3.05, 3.63) is 24.3 Å². The highest BCUT2D eigenvalue weighted by Gasteiger charge is 2.51. The molecule has 0 amide bonds. The predicted octanol–water partition coefficient (Wildman–Crippen LogP) is 1.74. The van der Waals surface area contributed by atoms with E-state index in [0.717, 1.165) is 11.2 Å². The van der Waals surface area contributed by atoms with Gasteiger partial charge in [0.15, 0.2) is 6.29 Å². The molecular formula is C16H23BO5. The number of hydrogen-bond acceptors (Lipinski definition) is 5. The summed E-state index contributed by atoms with van der Waals surface area (Å²) in [6.07, 6.45) is -0.277. The summed E-state index contributed by atoms with van der Waals surface area (Å²) in [5.74, 6) is 0.756. The smallest absolute Gasteiger partial charge is 0.488 e. The van der Waals surface area contributed by atoms with E-state index in [1.165, 1.54) is 0 Å². The number of rotatable bonds is 4. The largest absolute Gasteiger partial charge is 0.494 e. The van der Waals surface area contributed by atoms with E-state index < -0.39 is 0 Å². The second-order valence-electron chi connectivity index (χ2n) is 6.64. The first-order valence-electron chi connectivity index (χ1n) is 7.69. The minimum atomic E-state index is -0.382. The molecule has 0 aliphatic carbocycles. The molecule has 0 spiro atoms. The van der Waals surface area contributed by atoms with Gasteiger partial charge >= 0.3 is 7.12 Å². The first-order chi connectivity index (χ1) is 10.4. The zero-order valence-electron chi connectivity index (χ0n) is 13.6. The first kappa shape index (κ1) is 15.8. The van der Waals surface area contributed by atoms with E-state index in [-0.39, 0.29) is 24.6 Å². The van der Waals surface area contributed by atoms with Gasteiger partial charge in [0.1, 0.15) is 12.4 Å². The average Bonchev–Trinajstić information content (AvgIpc) is 3.04. The van der Waals surface area contributed by atoms with Crippen LogP contribution in [-0.4, -0.2) is 44.4 Å². The van der Waals surface area contributed by atoms with Crippen molar-refractivity contribution in [3.63, 3.8) is 0 Å². The van der Waals surface area contributed by atoms with Crippen molar-refractivity contribution < 1.29 is 23.5 Å². The van der Waals surface area contributed by atoms with Crippen LogP contribution in [0.3, 0.4) is 0 Å². The molecule has 0 N–H and O–H groups in total. The third-order valence-corrected chi connectivity index (χ3v) is 4.46. The summed E-state index contributed by atoms with van der Waals surface area (Å²) in [4.78, 5) is 0. The third kappa shape index (κ3) is 3.15. The Hall–Kier alpha value is -1.08. The van der Waals surface area contributed by atoms with Gasteiger partial charge < -0.3 is 23.5 Å². The standard InChI is InChI=1S/C16H23BO5/c1-15(2)16(3,4)22-17(21-15)12-6-5-7-13(10-12)20-11-14-18-8-9-19-14/h5-7,10,14H,8-9,11H2,1-4H3. The van der Waals surface area contributed by atoms with Gasteiger partial charge in [0.05, 0.1) is 24.4 Å². The lowest BCUT2D eigenvalue weighted by molar-refractivity contribution is -0.0684. The zero-order valence-corrected chi connectivity index (χ0v) is 13.6. The van der Waals surface area contributed by atoms with Gasteiger partial charge in [-0.05, 0) is 45.3 Å². The van der Waals surface area contributed by atoms with Gasteiger partial charge in [0.2, 0.25) is 0 Å². The molecule has 0 atom stereocenters. The molecule has 0 aromatic heterocycles. The average molecular weight is 306 g/mol. The summed E-state index contributed by atoms with van der Waals surface area (Å²) in [6.45, 7) is 9.81. The lowest BCUT2D eigenvalue weighted by atomic mass is 9.79. The monoisotopic (exact) mass is 306 g/mol. The molecule has 2 aliphatic heterocycles. The van der Waals surface area contributed by atoms with Crippen molar-refractivity contribution in [2.24, 2.45) is 0 Å². The van der Waals surface area contributed by atoms with Gasteiger partial charge in [0.25, 0.3) is 0 Å². The Kier molecular flexibility index (Phi) is 4.20. The third-order valence-electron chi connectivity index (χ3n) is 4.46. The SMILES string of the molecule is CC1(C)OB(c2cccc(OCC3OCCO3)c2)OC1(C)C. The molecule has 0 bridgehead atoms. The highest BCUT2D eigenvalue weighted by atomic mass is 16.7. The van der Waals surface area contributed by atoms with E-state index in [1.807, 2.05) is 52.0 Å². The molecule has 2 fully saturated rings. The molecule has 22 heavy (non-hydrogen) atoms. The van der Waals surface area contributed by atoms with Crippen molar-refractivity contribution in [2.75, 3.05) is 19.8 Å². The lowest BCUT2D eigenvalue weighted by Gasteiger charge is -2.32. The maximum absolute atomic E-state index is 6.06. The Bertz CT molecular complexity index is 509. The number of benzene rings is 1. The molecule has 0 saturated carbocycles. The van der Waals surface area contributed by atoms with Crippen molar-refractivity contribution in [3.8, 4) is 5.75 Å². The normalized spacial score (nSPS) is 23.9. The highest BCUT2D eigenvalue weighted by molar-refractivity contribution is 6.62. The Morgan fingerprint density at radius 2 is 1.73 bits per heavy atom. The Morgan fingerprint density at radius 3 is 2.36 bits per heavy atom. The van der Waals surface area contributed by atoms with Crippen LogP contribution in [0.15, 0.2) is 24.3 Å². The summed E-state index contributed by atoms with van der Waals surface area (Å²) < 4.78 is 28.6. The van der Waals surface area contributed by atoms with Crippen LogP contribution in [0.25, 0.3) is 0 Å². The van der Waals surface area contributed by atoms with E-state index in [0.29, 0.717) is 19.8 Å². The molecule has 2 aliphatic rings. The Labute approximate surface area is 132 Å². The van der Waals surface area contributed by atoms with Crippen molar-refractivity contribution in [1.82, 2.24) is 0 Å². The van der Waals surface area contributed by atoms with Gasteiger partial charge in [-0.1, -0.05) is 12.1 Å². The van der Waals surface area contributed by atoms with Crippen LogP contribution >= 0.6 is 0 Å². The van der Waals surface area contributed by atoms with E-state index in [1.54, 1.807) is 0 Å². The van der Waals surface area contributed by atoms with E-state index >= 15 is 0 Å². The molecule has 3 rings (SSSR count). The van der Waals surface area contributed by atoms with E-state index in [4.69, 9.17) is 23.5 Å². The van der Waals surface area contributed by atoms with Crippen LogP contribution in [0.1, 0.15) is 27.7 Å². The van der Waals surface area contributed by atoms with Crippen LogP contribution in [-0.2, 0) is 18.8 Å². The van der Waals surface area contributed by atoms with Crippen LogP contribution in [0.4, 0.5) is 0 Å². The van der Waals surface area contributed by atoms with Gasteiger partial charge in [-0.15, -0.1) is 0 Å². The summed E-state index contributed by atoms with van der Waals surface area (Å²) >= 11 is 0. The summed E-state index contributed by atoms with van der Waals surface area (Å²) in [7, 11) is -0.382. The fourth-order valence-electron chi connectivity index (χ4n) is 2.40. The second kappa shape index (κ2) is 5.85. The van der Waals surface area contributed by atoms with E-state index in [9.17, 15) is 0 Å². The fourth-order valence-corrected chi connectivity index (χ4v) is 2.40. The van der Waals surface area contributed by atoms with Gasteiger partial charge in [0, 0.05) is 0 Å². The summed E-state index contributed by atoms with van der Waals surface area (Å²) in [5, 5.41) is 0. The molecule has 0 radical (unpaired) electrons. The molecule has 6 heteroatoms. The minimum Gasteiger partial charge on any atom is -0.488 e. The summed E-state index contributed by atoms with van der Waals surface area (Å²) in [5.41, 5.74) is 0.254. The number of hydrogen-bond donors (Lipinski definition) is 0. The van der Waals surface area contributed by atoms with Crippen LogP contribution in [0.2, 0.25) is 0 Å². The maximum atomic E-state index is 6.06. The molecular weight excluding hydrogens is 283 g/mol. The second-order valence-corrected chi connectivity index (χ2v) is 6.64. The molecule has 1 aromatic carbocycles. The van der Waals surface area contributed by atoms with Crippen LogP contribution in [0.5, 0.6) is 5.75 Å². The van der Waals surface area contributed by atoms with Gasteiger partial charge in [-0.25, -0.2) is 0 Å². The number of ether oxygens (including phenoxy) is 3. The molecule has 120 valence electrons. The highest BCUT2D eigenvalue weighted by Crippen LogP contribution is 2.36. The molecule has 2 saturated heterocycles. The molecule has 1 aromatic rings. The first-order valence-corrected chi connectivity index (χ1v) is 7.69. The molecule has 2 heterocycles. The molecule has 0 unspecified atom stereocenters. The van der Waals surface area contributed by atoms with Crippen molar-refractivity contribution in [1.29, 1.82) is 0 Å². The minimum absolute atomic E-state index is 0.277. The van der Waals surface area contributed by atoms with Gasteiger partial charge in [-0.3, -0.25) is 0 Å².